The Bertz CT molecular complexity index is 387. The standard InChI is InChI=1S/C11H21N7/c1-8(2)7-13-9-14-10(17-12)16-11(15-9)18-5-3-4-6-18/h8H,3-7,12H2,1-2H3,(H2,13,14,15,16,17). The summed E-state index contributed by atoms with van der Waals surface area (Å²) < 4.78 is 0. The smallest absolute Gasteiger partial charge is 0.243 e. The summed E-state index contributed by atoms with van der Waals surface area (Å²) in [5.41, 5.74) is 2.49. The van der Waals surface area contributed by atoms with E-state index >= 15 is 0 Å². The van der Waals surface area contributed by atoms with Crippen LogP contribution in [0.2, 0.25) is 0 Å². The molecule has 0 spiro atoms. The number of hydrazine groups is 1. The molecule has 18 heavy (non-hydrogen) atoms. The van der Waals surface area contributed by atoms with E-state index in [0.29, 0.717) is 23.8 Å². The van der Waals surface area contributed by atoms with Crippen LogP contribution in [0.3, 0.4) is 0 Å². The van der Waals surface area contributed by atoms with Crippen molar-refractivity contribution in [2.24, 2.45) is 11.8 Å². The molecule has 0 radical (unpaired) electrons. The molecule has 0 amide bonds. The molecule has 0 atom stereocenters. The molecule has 100 valence electrons. The molecule has 2 heterocycles. The molecule has 0 aliphatic carbocycles. The van der Waals surface area contributed by atoms with E-state index in [1.807, 2.05) is 0 Å². The number of nitrogens with two attached hydrogens (primary N) is 1. The molecule has 1 saturated heterocycles. The number of hydrogen-bond donors (Lipinski definition) is 3. The lowest BCUT2D eigenvalue weighted by Gasteiger charge is -2.17. The molecule has 0 bridgehead atoms. The predicted octanol–water partition coefficient (Wildman–Crippen LogP) is 0.825. The third-order valence-electron chi connectivity index (χ3n) is 2.81. The topological polar surface area (TPSA) is 92.0 Å². The van der Waals surface area contributed by atoms with Gasteiger partial charge in [-0.2, -0.15) is 15.0 Å². The second kappa shape index (κ2) is 5.81. The van der Waals surface area contributed by atoms with Crippen LogP contribution in [0.15, 0.2) is 0 Å². The first kappa shape index (κ1) is 12.8. The molecular weight excluding hydrogens is 230 g/mol. The summed E-state index contributed by atoms with van der Waals surface area (Å²) in [5, 5.41) is 3.20. The van der Waals surface area contributed by atoms with Crippen LogP contribution < -0.4 is 21.5 Å². The van der Waals surface area contributed by atoms with Gasteiger partial charge in [0, 0.05) is 19.6 Å². The van der Waals surface area contributed by atoms with Crippen LogP contribution in [0, 0.1) is 5.92 Å². The van der Waals surface area contributed by atoms with Crippen LogP contribution in [0.1, 0.15) is 26.7 Å². The third-order valence-corrected chi connectivity index (χ3v) is 2.81. The van der Waals surface area contributed by atoms with E-state index in [1.54, 1.807) is 0 Å². The number of nitrogen functional groups attached to an aromatic ring is 1. The van der Waals surface area contributed by atoms with Crippen molar-refractivity contribution in [3.05, 3.63) is 0 Å². The Morgan fingerprint density at radius 1 is 1.17 bits per heavy atom. The SMILES string of the molecule is CC(C)CNc1nc(NN)nc(N2CCCC2)n1. The zero-order valence-electron chi connectivity index (χ0n) is 11.0. The van der Waals surface area contributed by atoms with Gasteiger partial charge >= 0.3 is 0 Å². The number of anilines is 3. The van der Waals surface area contributed by atoms with E-state index in [9.17, 15) is 0 Å². The van der Waals surface area contributed by atoms with Gasteiger partial charge in [0.25, 0.3) is 0 Å². The number of hydrogen-bond acceptors (Lipinski definition) is 7. The molecule has 1 aliphatic heterocycles. The van der Waals surface area contributed by atoms with Crippen LogP contribution in [-0.4, -0.2) is 34.6 Å². The fraction of sp³-hybridized carbons (Fsp3) is 0.727. The molecule has 4 N–H and O–H groups in total. The number of nitrogens with one attached hydrogen (secondary N) is 2. The zero-order valence-corrected chi connectivity index (χ0v) is 11.0. The Hall–Kier alpha value is -1.63. The Morgan fingerprint density at radius 3 is 2.44 bits per heavy atom. The van der Waals surface area contributed by atoms with Crippen molar-refractivity contribution in [2.45, 2.75) is 26.7 Å². The maximum absolute atomic E-state index is 5.39. The van der Waals surface area contributed by atoms with Gasteiger partial charge in [-0.3, -0.25) is 5.43 Å². The molecular formula is C11H21N7. The summed E-state index contributed by atoms with van der Waals surface area (Å²) in [4.78, 5) is 15.1. The number of aromatic nitrogens is 3. The van der Waals surface area contributed by atoms with Crippen LogP contribution in [-0.2, 0) is 0 Å². The van der Waals surface area contributed by atoms with Crippen LogP contribution >= 0.6 is 0 Å². The lowest BCUT2D eigenvalue weighted by atomic mass is 10.2. The largest absolute Gasteiger partial charge is 0.354 e. The van der Waals surface area contributed by atoms with Crippen molar-refractivity contribution >= 4 is 17.8 Å². The Kier molecular flexibility index (Phi) is 4.14. The number of rotatable bonds is 5. The fourth-order valence-electron chi connectivity index (χ4n) is 1.86. The predicted molar refractivity (Wildman–Crippen MR) is 72.4 cm³/mol. The molecule has 7 nitrogen and oxygen atoms in total. The van der Waals surface area contributed by atoms with E-state index < -0.39 is 0 Å². The van der Waals surface area contributed by atoms with Crippen molar-refractivity contribution < 1.29 is 0 Å². The highest BCUT2D eigenvalue weighted by molar-refractivity contribution is 5.43. The molecule has 1 aromatic heterocycles. The van der Waals surface area contributed by atoms with Crippen molar-refractivity contribution in [3.63, 3.8) is 0 Å². The van der Waals surface area contributed by atoms with Crippen molar-refractivity contribution in [2.75, 3.05) is 35.3 Å². The molecule has 7 heteroatoms. The highest BCUT2D eigenvalue weighted by Gasteiger charge is 2.17. The van der Waals surface area contributed by atoms with Gasteiger partial charge in [-0.25, -0.2) is 5.84 Å². The minimum atomic E-state index is 0.401. The molecule has 1 aromatic rings. The Balaban J connectivity index is 2.15. The molecule has 2 rings (SSSR count). The number of nitrogens with zero attached hydrogens (tertiary/aromatic N) is 4. The van der Waals surface area contributed by atoms with Gasteiger partial charge < -0.3 is 10.2 Å². The summed E-state index contributed by atoms with van der Waals surface area (Å²) in [6.45, 7) is 7.10. The maximum Gasteiger partial charge on any atom is 0.243 e. The van der Waals surface area contributed by atoms with Crippen molar-refractivity contribution in [1.29, 1.82) is 0 Å². The highest BCUT2D eigenvalue weighted by Crippen LogP contribution is 2.18. The Morgan fingerprint density at radius 2 is 1.83 bits per heavy atom. The fourth-order valence-corrected chi connectivity index (χ4v) is 1.86. The first-order valence-electron chi connectivity index (χ1n) is 6.40. The highest BCUT2D eigenvalue weighted by atomic mass is 15.4. The quantitative estimate of drug-likeness (QED) is 0.527. The molecule has 0 aromatic carbocycles. The van der Waals surface area contributed by atoms with Gasteiger partial charge in [0.2, 0.25) is 17.8 Å². The van der Waals surface area contributed by atoms with E-state index in [2.05, 4.69) is 44.4 Å². The summed E-state index contributed by atoms with van der Waals surface area (Å²) in [5.74, 6) is 7.60. The van der Waals surface area contributed by atoms with Gasteiger partial charge in [0.05, 0.1) is 0 Å². The van der Waals surface area contributed by atoms with Crippen LogP contribution in [0.5, 0.6) is 0 Å². The van der Waals surface area contributed by atoms with Gasteiger partial charge in [-0.1, -0.05) is 13.8 Å². The molecule has 1 fully saturated rings. The van der Waals surface area contributed by atoms with Gasteiger partial charge in [0.15, 0.2) is 0 Å². The summed E-state index contributed by atoms with van der Waals surface area (Å²) >= 11 is 0. The average molecular weight is 251 g/mol. The molecule has 0 saturated carbocycles. The van der Waals surface area contributed by atoms with E-state index in [-0.39, 0.29) is 0 Å². The van der Waals surface area contributed by atoms with Gasteiger partial charge in [-0.05, 0) is 18.8 Å². The monoisotopic (exact) mass is 251 g/mol. The van der Waals surface area contributed by atoms with E-state index in [0.717, 1.165) is 19.6 Å². The lowest BCUT2D eigenvalue weighted by Crippen LogP contribution is -2.23. The lowest BCUT2D eigenvalue weighted by molar-refractivity contribution is 0.683. The second-order valence-electron chi connectivity index (χ2n) is 4.90. The van der Waals surface area contributed by atoms with E-state index in [1.165, 1.54) is 12.8 Å². The van der Waals surface area contributed by atoms with Crippen molar-refractivity contribution in [1.82, 2.24) is 15.0 Å². The summed E-state index contributed by atoms with van der Waals surface area (Å²) in [6.07, 6.45) is 2.37. The van der Waals surface area contributed by atoms with Crippen molar-refractivity contribution in [3.8, 4) is 0 Å². The third kappa shape index (κ3) is 3.19. The summed E-state index contributed by atoms with van der Waals surface area (Å²) in [6, 6.07) is 0. The van der Waals surface area contributed by atoms with Gasteiger partial charge in [0.1, 0.15) is 0 Å². The minimum absolute atomic E-state index is 0.401. The normalized spacial score (nSPS) is 15.2. The molecule has 0 unspecified atom stereocenters. The molecule has 1 aliphatic rings. The zero-order chi connectivity index (χ0) is 13.0. The Labute approximate surface area is 107 Å². The summed E-state index contributed by atoms with van der Waals surface area (Å²) in [7, 11) is 0. The first-order valence-corrected chi connectivity index (χ1v) is 6.40. The first-order chi connectivity index (χ1) is 8.69. The van der Waals surface area contributed by atoms with E-state index in [4.69, 9.17) is 5.84 Å². The van der Waals surface area contributed by atoms with Crippen LogP contribution in [0.4, 0.5) is 17.8 Å². The maximum atomic E-state index is 5.39. The van der Waals surface area contributed by atoms with Crippen LogP contribution in [0.25, 0.3) is 0 Å². The average Bonchev–Trinajstić information content (AvgIpc) is 2.89. The van der Waals surface area contributed by atoms with Gasteiger partial charge in [-0.15, -0.1) is 0 Å². The second-order valence-corrected chi connectivity index (χ2v) is 4.90. The minimum Gasteiger partial charge on any atom is -0.354 e.